The van der Waals surface area contributed by atoms with Crippen molar-refractivity contribution in [3.8, 4) is 5.75 Å². The maximum absolute atomic E-state index is 12.7. The van der Waals surface area contributed by atoms with Crippen LogP contribution in [0.4, 0.5) is 11.4 Å². The number of carbonyl (C=O) groups is 2. The molecule has 0 aliphatic carbocycles. The number of rotatable bonds is 4. The van der Waals surface area contributed by atoms with Crippen LogP contribution in [-0.4, -0.2) is 25.5 Å². The van der Waals surface area contributed by atoms with Gasteiger partial charge in [-0.1, -0.05) is 24.3 Å². The molecule has 0 saturated carbocycles. The molecule has 2 amide bonds. The summed E-state index contributed by atoms with van der Waals surface area (Å²) in [6, 6.07) is 13.3. The molecule has 0 unspecified atom stereocenters. The second-order valence-corrected chi connectivity index (χ2v) is 6.38. The summed E-state index contributed by atoms with van der Waals surface area (Å²) in [5, 5.41) is 2.91. The van der Waals surface area contributed by atoms with Crippen LogP contribution in [0.1, 0.15) is 17.5 Å². The van der Waals surface area contributed by atoms with Crippen LogP contribution in [-0.2, 0) is 9.59 Å². The third kappa shape index (κ3) is 3.50. The van der Waals surface area contributed by atoms with E-state index in [0.29, 0.717) is 18.0 Å². The van der Waals surface area contributed by atoms with E-state index in [0.717, 1.165) is 16.8 Å². The highest BCUT2D eigenvalue weighted by molar-refractivity contribution is 6.04. The van der Waals surface area contributed by atoms with Gasteiger partial charge in [-0.05, 0) is 43.2 Å². The quantitative estimate of drug-likeness (QED) is 0.930. The number of hydrogen-bond acceptors (Lipinski definition) is 3. The van der Waals surface area contributed by atoms with E-state index in [1.165, 1.54) is 0 Å². The van der Waals surface area contributed by atoms with E-state index in [9.17, 15) is 9.59 Å². The van der Waals surface area contributed by atoms with Crippen molar-refractivity contribution in [2.24, 2.45) is 5.92 Å². The topological polar surface area (TPSA) is 58.6 Å². The molecule has 1 saturated heterocycles. The number of carbonyl (C=O) groups excluding carboxylic acids is 2. The summed E-state index contributed by atoms with van der Waals surface area (Å²) < 4.78 is 5.30. The fraction of sp³-hybridized carbons (Fsp3) is 0.300. The molecular formula is C20H22N2O3. The Morgan fingerprint density at radius 3 is 2.68 bits per heavy atom. The van der Waals surface area contributed by atoms with Crippen molar-refractivity contribution >= 4 is 23.2 Å². The number of benzene rings is 2. The maximum atomic E-state index is 12.7. The highest BCUT2D eigenvalue weighted by atomic mass is 16.5. The second kappa shape index (κ2) is 6.97. The SMILES string of the molecule is COc1ccc(C)cc1NC(=O)[C@@H]1CC(=O)N(c2ccccc2C)C1. The number of methoxy groups -OCH3 is 1. The first kappa shape index (κ1) is 17.0. The van der Waals surface area contributed by atoms with Gasteiger partial charge in [-0.25, -0.2) is 0 Å². The van der Waals surface area contributed by atoms with Gasteiger partial charge < -0.3 is 15.0 Å². The lowest BCUT2D eigenvalue weighted by molar-refractivity contribution is -0.122. The second-order valence-electron chi connectivity index (χ2n) is 6.38. The number of amides is 2. The van der Waals surface area contributed by atoms with E-state index >= 15 is 0 Å². The van der Waals surface area contributed by atoms with Gasteiger partial charge >= 0.3 is 0 Å². The highest BCUT2D eigenvalue weighted by Gasteiger charge is 2.35. The molecule has 0 bridgehead atoms. The Bertz CT molecular complexity index is 816. The van der Waals surface area contributed by atoms with Crippen molar-refractivity contribution in [2.75, 3.05) is 23.9 Å². The smallest absolute Gasteiger partial charge is 0.229 e. The molecule has 2 aromatic rings. The van der Waals surface area contributed by atoms with Crippen molar-refractivity contribution < 1.29 is 14.3 Å². The average molecular weight is 338 g/mol. The zero-order valence-corrected chi connectivity index (χ0v) is 14.7. The van der Waals surface area contributed by atoms with Gasteiger partial charge in [-0.15, -0.1) is 0 Å². The molecule has 1 N–H and O–H groups in total. The molecule has 130 valence electrons. The zero-order valence-electron chi connectivity index (χ0n) is 14.7. The van der Waals surface area contributed by atoms with Gasteiger partial charge in [0.1, 0.15) is 5.75 Å². The third-order valence-electron chi connectivity index (χ3n) is 4.51. The predicted octanol–water partition coefficient (Wildman–Crippen LogP) is 3.30. The van der Waals surface area contributed by atoms with Gasteiger partial charge in [-0.2, -0.15) is 0 Å². The molecule has 0 radical (unpaired) electrons. The van der Waals surface area contributed by atoms with Crippen LogP contribution in [0.3, 0.4) is 0 Å². The number of nitrogens with zero attached hydrogens (tertiary/aromatic N) is 1. The third-order valence-corrected chi connectivity index (χ3v) is 4.51. The van der Waals surface area contributed by atoms with Crippen molar-refractivity contribution in [1.82, 2.24) is 0 Å². The molecule has 0 aromatic heterocycles. The minimum Gasteiger partial charge on any atom is -0.495 e. The first-order chi connectivity index (χ1) is 12.0. The number of ether oxygens (including phenoxy) is 1. The molecule has 0 spiro atoms. The van der Waals surface area contributed by atoms with Crippen LogP contribution in [0.15, 0.2) is 42.5 Å². The number of para-hydroxylation sites is 1. The van der Waals surface area contributed by atoms with Gasteiger partial charge in [0.05, 0.1) is 18.7 Å². The maximum Gasteiger partial charge on any atom is 0.229 e. The summed E-state index contributed by atoms with van der Waals surface area (Å²) in [4.78, 5) is 26.8. The largest absolute Gasteiger partial charge is 0.495 e. The molecule has 25 heavy (non-hydrogen) atoms. The molecular weight excluding hydrogens is 316 g/mol. The summed E-state index contributed by atoms with van der Waals surface area (Å²) in [5.74, 6) is 0.0512. The van der Waals surface area contributed by atoms with Gasteiger partial charge in [0.2, 0.25) is 11.8 Å². The summed E-state index contributed by atoms with van der Waals surface area (Å²) in [6.07, 6.45) is 0.217. The minimum absolute atomic E-state index is 0.0225. The summed E-state index contributed by atoms with van der Waals surface area (Å²) >= 11 is 0. The van der Waals surface area contributed by atoms with Crippen molar-refractivity contribution in [1.29, 1.82) is 0 Å². The van der Waals surface area contributed by atoms with Crippen molar-refractivity contribution in [2.45, 2.75) is 20.3 Å². The van der Waals surface area contributed by atoms with E-state index in [1.807, 2.05) is 56.3 Å². The lowest BCUT2D eigenvalue weighted by Gasteiger charge is -2.19. The fourth-order valence-electron chi connectivity index (χ4n) is 3.14. The number of nitrogens with one attached hydrogen (secondary N) is 1. The van der Waals surface area contributed by atoms with Crippen molar-refractivity contribution in [3.63, 3.8) is 0 Å². The van der Waals surface area contributed by atoms with E-state index in [2.05, 4.69) is 5.32 Å². The standard InChI is InChI=1S/C20H22N2O3/c1-13-8-9-18(25-3)16(10-13)21-20(24)15-11-19(23)22(12-15)17-7-5-4-6-14(17)2/h4-10,15H,11-12H2,1-3H3,(H,21,24)/t15-/m1/s1. The van der Waals surface area contributed by atoms with Crippen LogP contribution in [0.25, 0.3) is 0 Å². The Labute approximate surface area is 147 Å². The Balaban J connectivity index is 1.75. The monoisotopic (exact) mass is 338 g/mol. The number of aryl methyl sites for hydroxylation is 2. The Hall–Kier alpha value is -2.82. The lowest BCUT2D eigenvalue weighted by atomic mass is 10.1. The summed E-state index contributed by atoms with van der Waals surface area (Å²) in [7, 11) is 1.57. The Morgan fingerprint density at radius 1 is 1.20 bits per heavy atom. The summed E-state index contributed by atoms with van der Waals surface area (Å²) in [6.45, 7) is 4.31. The molecule has 5 heteroatoms. The van der Waals surface area contributed by atoms with Crippen LogP contribution in [0, 0.1) is 19.8 Å². The van der Waals surface area contributed by atoms with E-state index in [4.69, 9.17) is 4.74 Å². The molecule has 5 nitrogen and oxygen atoms in total. The Morgan fingerprint density at radius 2 is 1.96 bits per heavy atom. The predicted molar refractivity (Wildman–Crippen MR) is 98.0 cm³/mol. The van der Waals surface area contributed by atoms with Gasteiger partial charge in [0.25, 0.3) is 0 Å². The Kier molecular flexibility index (Phi) is 4.74. The fourth-order valence-corrected chi connectivity index (χ4v) is 3.14. The minimum atomic E-state index is -0.377. The summed E-state index contributed by atoms with van der Waals surface area (Å²) in [5.41, 5.74) is 3.56. The van der Waals surface area contributed by atoms with Crippen LogP contribution in [0.2, 0.25) is 0 Å². The van der Waals surface area contributed by atoms with Crippen molar-refractivity contribution in [3.05, 3.63) is 53.6 Å². The zero-order chi connectivity index (χ0) is 18.0. The normalized spacial score (nSPS) is 16.8. The first-order valence-electron chi connectivity index (χ1n) is 8.31. The molecule has 1 fully saturated rings. The van der Waals surface area contributed by atoms with Crippen LogP contribution in [0.5, 0.6) is 5.75 Å². The average Bonchev–Trinajstić information content (AvgIpc) is 2.97. The van der Waals surface area contributed by atoms with Gasteiger partial charge in [-0.3, -0.25) is 9.59 Å². The number of hydrogen-bond donors (Lipinski definition) is 1. The van der Waals surface area contributed by atoms with E-state index in [1.54, 1.807) is 12.0 Å². The van der Waals surface area contributed by atoms with Crippen LogP contribution >= 0.6 is 0 Å². The molecule has 2 aromatic carbocycles. The lowest BCUT2D eigenvalue weighted by Crippen LogP contribution is -2.28. The molecule has 1 aliphatic heterocycles. The molecule has 3 rings (SSSR count). The van der Waals surface area contributed by atoms with Gasteiger partial charge in [0, 0.05) is 18.7 Å². The highest BCUT2D eigenvalue weighted by Crippen LogP contribution is 2.30. The van der Waals surface area contributed by atoms with Crippen LogP contribution < -0.4 is 15.0 Å². The van der Waals surface area contributed by atoms with E-state index in [-0.39, 0.29) is 24.2 Å². The number of anilines is 2. The first-order valence-corrected chi connectivity index (χ1v) is 8.31. The molecule has 1 atom stereocenters. The molecule has 1 aliphatic rings. The van der Waals surface area contributed by atoms with E-state index < -0.39 is 0 Å². The van der Waals surface area contributed by atoms with Gasteiger partial charge in [0.15, 0.2) is 0 Å². The molecule has 1 heterocycles.